The number of aromatic nitrogens is 2. The summed E-state index contributed by atoms with van der Waals surface area (Å²) in [4.78, 5) is 11.1. The van der Waals surface area contributed by atoms with Crippen molar-refractivity contribution in [1.82, 2.24) is 9.97 Å². The lowest BCUT2D eigenvalue weighted by Gasteiger charge is -2.08. The van der Waals surface area contributed by atoms with Crippen LogP contribution in [0, 0.1) is 0 Å². The van der Waals surface area contributed by atoms with Gasteiger partial charge in [0.25, 0.3) is 0 Å². The van der Waals surface area contributed by atoms with Crippen LogP contribution in [-0.4, -0.2) is 17.0 Å². The number of thiophene rings is 1. The first kappa shape index (κ1) is 13.3. The Morgan fingerprint density at radius 2 is 1.94 bits per heavy atom. The fourth-order valence-corrected chi connectivity index (χ4v) is 2.99. The Morgan fingerprint density at radius 1 is 1.22 bits per heavy atom. The molecule has 0 bridgehead atoms. The Bertz CT molecular complexity index is 527. The highest BCUT2D eigenvalue weighted by molar-refractivity contribution is 9.10. The summed E-state index contributed by atoms with van der Waals surface area (Å²) >= 11 is 5.32. The molecule has 0 saturated heterocycles. The lowest BCUT2D eigenvalue weighted by atomic mass is 10.3. The monoisotopic (exact) mass is 326 g/mol. The summed E-state index contributed by atoms with van der Waals surface area (Å²) in [6, 6.07) is 4.33. The first-order valence-electron chi connectivity index (χ1n) is 5.74. The van der Waals surface area contributed by atoms with Crippen molar-refractivity contribution < 1.29 is 0 Å². The van der Waals surface area contributed by atoms with Crippen LogP contribution in [0.3, 0.4) is 0 Å². The van der Waals surface area contributed by atoms with Gasteiger partial charge in [0.1, 0.15) is 22.4 Å². The quantitative estimate of drug-likeness (QED) is 0.882. The van der Waals surface area contributed by atoms with E-state index in [1.54, 1.807) is 6.33 Å². The van der Waals surface area contributed by atoms with E-state index >= 15 is 0 Å². The number of anilines is 2. The Morgan fingerprint density at radius 3 is 2.61 bits per heavy atom. The van der Waals surface area contributed by atoms with Gasteiger partial charge in [0, 0.05) is 16.8 Å². The predicted molar refractivity (Wildman–Crippen MR) is 80.3 cm³/mol. The average molecular weight is 327 g/mol. The SMILES string of the molecule is CCc1ccc(CNc2ncnc(NC)c2Br)s1. The molecule has 0 aliphatic rings. The summed E-state index contributed by atoms with van der Waals surface area (Å²) < 4.78 is 0.861. The molecule has 6 heteroatoms. The van der Waals surface area contributed by atoms with Crippen molar-refractivity contribution in [3.05, 3.63) is 32.7 Å². The molecule has 0 atom stereocenters. The van der Waals surface area contributed by atoms with E-state index in [-0.39, 0.29) is 0 Å². The van der Waals surface area contributed by atoms with Gasteiger partial charge in [-0.1, -0.05) is 6.92 Å². The van der Waals surface area contributed by atoms with Crippen LogP contribution < -0.4 is 10.6 Å². The van der Waals surface area contributed by atoms with Crippen molar-refractivity contribution in [2.24, 2.45) is 0 Å². The zero-order chi connectivity index (χ0) is 13.0. The first-order chi connectivity index (χ1) is 8.74. The molecule has 0 amide bonds. The standard InChI is InChI=1S/C12H15BrN4S/c1-3-8-4-5-9(18-8)6-15-12-10(13)11(14-2)16-7-17-12/h4-5,7H,3,6H2,1-2H3,(H2,14,15,16,17). The number of nitrogens with one attached hydrogen (secondary N) is 2. The predicted octanol–water partition coefficient (Wildman–Crippen LogP) is 3.52. The molecule has 2 heterocycles. The maximum Gasteiger partial charge on any atom is 0.146 e. The molecule has 2 aromatic rings. The molecule has 18 heavy (non-hydrogen) atoms. The van der Waals surface area contributed by atoms with Gasteiger partial charge < -0.3 is 10.6 Å². The fourth-order valence-electron chi connectivity index (χ4n) is 1.55. The van der Waals surface area contributed by atoms with Gasteiger partial charge in [-0.2, -0.15) is 0 Å². The topological polar surface area (TPSA) is 49.8 Å². The summed E-state index contributed by atoms with van der Waals surface area (Å²) in [5.41, 5.74) is 0. The summed E-state index contributed by atoms with van der Waals surface area (Å²) in [6.07, 6.45) is 2.64. The molecule has 96 valence electrons. The van der Waals surface area contributed by atoms with Crippen molar-refractivity contribution in [1.29, 1.82) is 0 Å². The van der Waals surface area contributed by atoms with Gasteiger partial charge in [-0.15, -0.1) is 11.3 Å². The molecule has 0 unspecified atom stereocenters. The molecule has 0 fully saturated rings. The van der Waals surface area contributed by atoms with E-state index in [1.165, 1.54) is 9.75 Å². The molecule has 2 rings (SSSR count). The number of aryl methyl sites for hydroxylation is 1. The minimum Gasteiger partial charge on any atom is -0.372 e. The zero-order valence-electron chi connectivity index (χ0n) is 10.3. The van der Waals surface area contributed by atoms with Crippen molar-refractivity contribution >= 4 is 38.9 Å². The molecule has 0 spiro atoms. The lowest BCUT2D eigenvalue weighted by molar-refractivity contribution is 1.08. The van der Waals surface area contributed by atoms with Crippen molar-refractivity contribution in [3.63, 3.8) is 0 Å². The second-order valence-electron chi connectivity index (χ2n) is 3.71. The highest BCUT2D eigenvalue weighted by Gasteiger charge is 2.07. The van der Waals surface area contributed by atoms with Gasteiger partial charge in [0.05, 0.1) is 6.54 Å². The number of halogens is 1. The minimum atomic E-state index is 0.781. The number of nitrogens with zero attached hydrogens (tertiary/aromatic N) is 2. The second-order valence-corrected chi connectivity index (χ2v) is 5.76. The summed E-state index contributed by atoms with van der Waals surface area (Å²) in [5.74, 6) is 1.59. The third-order valence-corrected chi connectivity index (χ3v) is 4.50. The lowest BCUT2D eigenvalue weighted by Crippen LogP contribution is -2.03. The van der Waals surface area contributed by atoms with Gasteiger partial charge in [-0.3, -0.25) is 0 Å². The van der Waals surface area contributed by atoms with Crippen LogP contribution in [0.2, 0.25) is 0 Å². The van der Waals surface area contributed by atoms with Crippen LogP contribution in [0.1, 0.15) is 16.7 Å². The van der Waals surface area contributed by atoms with Gasteiger partial charge in [0.2, 0.25) is 0 Å². The number of rotatable bonds is 5. The van der Waals surface area contributed by atoms with Crippen LogP contribution in [0.15, 0.2) is 22.9 Å². The molecule has 2 aromatic heterocycles. The maximum atomic E-state index is 4.22. The third kappa shape index (κ3) is 3.00. The van der Waals surface area contributed by atoms with Crippen molar-refractivity contribution in [2.45, 2.75) is 19.9 Å². The van der Waals surface area contributed by atoms with Crippen LogP contribution in [-0.2, 0) is 13.0 Å². The van der Waals surface area contributed by atoms with Gasteiger partial charge in [-0.05, 0) is 34.5 Å². The summed E-state index contributed by atoms with van der Waals surface area (Å²) in [6.45, 7) is 2.95. The molecule has 0 aromatic carbocycles. The zero-order valence-corrected chi connectivity index (χ0v) is 12.7. The van der Waals surface area contributed by atoms with Crippen molar-refractivity contribution in [2.75, 3.05) is 17.7 Å². The second kappa shape index (κ2) is 6.15. The van der Waals surface area contributed by atoms with E-state index < -0.39 is 0 Å². The molecule has 0 aliphatic heterocycles. The van der Waals surface area contributed by atoms with Gasteiger partial charge in [0.15, 0.2) is 0 Å². The minimum absolute atomic E-state index is 0.781. The number of hydrogen-bond donors (Lipinski definition) is 2. The first-order valence-corrected chi connectivity index (χ1v) is 7.35. The van der Waals surface area contributed by atoms with Gasteiger partial charge in [-0.25, -0.2) is 9.97 Å². The Kier molecular flexibility index (Phi) is 4.54. The highest BCUT2D eigenvalue weighted by atomic mass is 79.9. The molecule has 0 aliphatic carbocycles. The highest BCUT2D eigenvalue weighted by Crippen LogP contribution is 2.27. The molecule has 2 N–H and O–H groups in total. The smallest absolute Gasteiger partial charge is 0.146 e. The van der Waals surface area contributed by atoms with E-state index in [0.29, 0.717) is 0 Å². The van der Waals surface area contributed by atoms with E-state index in [2.05, 4.69) is 55.6 Å². The average Bonchev–Trinajstić information content (AvgIpc) is 2.85. The van der Waals surface area contributed by atoms with E-state index in [0.717, 1.165) is 29.1 Å². The van der Waals surface area contributed by atoms with E-state index in [1.807, 2.05) is 18.4 Å². The van der Waals surface area contributed by atoms with E-state index in [4.69, 9.17) is 0 Å². The molecule has 0 radical (unpaired) electrons. The molecular weight excluding hydrogens is 312 g/mol. The fraction of sp³-hybridized carbons (Fsp3) is 0.333. The van der Waals surface area contributed by atoms with Crippen LogP contribution in [0.5, 0.6) is 0 Å². The normalized spacial score (nSPS) is 10.4. The largest absolute Gasteiger partial charge is 0.372 e. The maximum absolute atomic E-state index is 4.22. The number of hydrogen-bond acceptors (Lipinski definition) is 5. The van der Waals surface area contributed by atoms with Crippen LogP contribution in [0.25, 0.3) is 0 Å². The van der Waals surface area contributed by atoms with Gasteiger partial charge >= 0.3 is 0 Å². The molecule has 0 saturated carbocycles. The van der Waals surface area contributed by atoms with Crippen LogP contribution in [0.4, 0.5) is 11.6 Å². The van der Waals surface area contributed by atoms with Crippen LogP contribution >= 0.6 is 27.3 Å². The molecule has 4 nitrogen and oxygen atoms in total. The summed E-state index contributed by atoms with van der Waals surface area (Å²) in [5, 5.41) is 6.33. The summed E-state index contributed by atoms with van der Waals surface area (Å²) in [7, 11) is 1.84. The third-order valence-electron chi connectivity index (χ3n) is 2.52. The Labute approximate surface area is 119 Å². The molecular formula is C12H15BrN4S. The van der Waals surface area contributed by atoms with Crippen molar-refractivity contribution in [3.8, 4) is 0 Å². The Hall–Kier alpha value is -1.14. The van der Waals surface area contributed by atoms with E-state index in [9.17, 15) is 0 Å². The Balaban J connectivity index is 2.06.